The largest absolute Gasteiger partial charge is 0.381 e. The topological polar surface area (TPSA) is 71.3 Å². The molecule has 2 saturated heterocycles. The summed E-state index contributed by atoms with van der Waals surface area (Å²) in [6.07, 6.45) is 1.27. The normalized spacial score (nSPS) is 24.8. The van der Waals surface area contributed by atoms with Gasteiger partial charge in [0.25, 0.3) is 0 Å². The Morgan fingerprint density at radius 2 is 2.09 bits per heavy atom. The summed E-state index contributed by atoms with van der Waals surface area (Å²) in [4.78, 5) is 10.8. The monoisotopic (exact) mass is 322 g/mol. The Balaban J connectivity index is 1.97. The molecule has 1 aromatic heterocycles. The first-order chi connectivity index (χ1) is 10.6. The van der Waals surface area contributed by atoms with Gasteiger partial charge >= 0.3 is 0 Å². The summed E-state index contributed by atoms with van der Waals surface area (Å²) in [5.74, 6) is 0.770. The first-order valence-electron chi connectivity index (χ1n) is 7.53. The number of anilines is 1. The third kappa shape index (κ3) is 2.89. The van der Waals surface area contributed by atoms with E-state index in [4.69, 9.17) is 21.1 Å². The van der Waals surface area contributed by atoms with Crippen LogP contribution >= 0.6 is 11.6 Å². The molecule has 0 aromatic carbocycles. The number of halogens is 1. The average Bonchev–Trinajstić information content (AvgIpc) is 2.55. The summed E-state index contributed by atoms with van der Waals surface area (Å²) in [7, 11) is 0. The highest BCUT2D eigenvalue weighted by Crippen LogP contribution is 2.35. The molecule has 0 amide bonds. The summed E-state index contributed by atoms with van der Waals surface area (Å²) >= 11 is 6.13. The Morgan fingerprint density at radius 3 is 2.77 bits per heavy atom. The van der Waals surface area contributed by atoms with Gasteiger partial charge in [-0.15, -0.1) is 0 Å². The smallest absolute Gasteiger partial charge is 0.224 e. The number of aromatic nitrogens is 2. The first kappa shape index (κ1) is 15.5. The van der Waals surface area contributed by atoms with Gasteiger partial charge in [0.05, 0.1) is 31.0 Å². The molecule has 1 aromatic rings. The van der Waals surface area contributed by atoms with Gasteiger partial charge in [-0.25, -0.2) is 9.97 Å². The fourth-order valence-electron chi connectivity index (χ4n) is 3.01. The van der Waals surface area contributed by atoms with E-state index >= 15 is 0 Å². The van der Waals surface area contributed by atoms with E-state index in [2.05, 4.69) is 27.9 Å². The second-order valence-electron chi connectivity index (χ2n) is 5.80. The van der Waals surface area contributed by atoms with E-state index in [0.717, 1.165) is 12.4 Å². The fraction of sp³-hybridized carbons (Fsp3) is 0.667. The van der Waals surface area contributed by atoms with Crippen LogP contribution in [0.4, 0.5) is 5.82 Å². The number of rotatable bonds is 2. The maximum atomic E-state index is 9.70. The van der Waals surface area contributed by atoms with Crippen LogP contribution in [0.2, 0.25) is 5.28 Å². The van der Waals surface area contributed by atoms with Gasteiger partial charge in [0.1, 0.15) is 11.2 Å². The van der Waals surface area contributed by atoms with E-state index in [1.54, 1.807) is 0 Å². The highest BCUT2D eigenvalue weighted by Gasteiger charge is 2.37. The van der Waals surface area contributed by atoms with Crippen LogP contribution in [-0.4, -0.2) is 49.0 Å². The average molecular weight is 323 g/mol. The van der Waals surface area contributed by atoms with Crippen molar-refractivity contribution < 1.29 is 9.47 Å². The number of ether oxygens (including phenoxy) is 2. The number of nitriles is 1. The predicted octanol–water partition coefficient (Wildman–Crippen LogP) is 1.93. The molecule has 0 radical (unpaired) electrons. The van der Waals surface area contributed by atoms with Crippen molar-refractivity contribution in [3.63, 3.8) is 0 Å². The van der Waals surface area contributed by atoms with E-state index in [0.29, 0.717) is 45.0 Å². The van der Waals surface area contributed by atoms with Crippen molar-refractivity contribution in [2.45, 2.75) is 31.2 Å². The number of hydrogen-bond donors (Lipinski definition) is 0. The lowest BCUT2D eigenvalue weighted by atomic mass is 9.78. The summed E-state index contributed by atoms with van der Waals surface area (Å²) in [5.41, 5.74) is 0.0711. The van der Waals surface area contributed by atoms with Crippen molar-refractivity contribution in [3.05, 3.63) is 17.0 Å². The van der Waals surface area contributed by atoms with Crippen LogP contribution in [0.25, 0.3) is 0 Å². The van der Waals surface area contributed by atoms with Crippen LogP contribution in [0.5, 0.6) is 0 Å². The highest BCUT2D eigenvalue weighted by atomic mass is 35.5. The van der Waals surface area contributed by atoms with E-state index in [1.165, 1.54) is 0 Å². The Bertz CT molecular complexity index is 583. The summed E-state index contributed by atoms with van der Waals surface area (Å²) < 4.78 is 10.9. The van der Waals surface area contributed by atoms with E-state index in [1.807, 2.05) is 6.07 Å². The van der Waals surface area contributed by atoms with Gasteiger partial charge in [0, 0.05) is 25.8 Å². The lowest BCUT2D eigenvalue weighted by Crippen LogP contribution is -2.44. The van der Waals surface area contributed by atoms with Crippen molar-refractivity contribution in [3.8, 4) is 6.07 Å². The second-order valence-corrected chi connectivity index (χ2v) is 6.14. The molecule has 0 N–H and O–H groups in total. The molecule has 2 fully saturated rings. The maximum Gasteiger partial charge on any atom is 0.224 e. The molecule has 3 heterocycles. The summed E-state index contributed by atoms with van der Waals surface area (Å²) in [5, 5.41) is 9.88. The Kier molecular flexibility index (Phi) is 4.48. The number of nitrogens with zero attached hydrogens (tertiary/aromatic N) is 4. The molecule has 6 nitrogen and oxygen atoms in total. The molecule has 1 atom stereocenters. The van der Waals surface area contributed by atoms with Crippen LogP contribution < -0.4 is 4.90 Å². The third-order valence-electron chi connectivity index (χ3n) is 4.40. The second kappa shape index (κ2) is 6.37. The molecule has 3 rings (SSSR count). The van der Waals surface area contributed by atoms with E-state index in [9.17, 15) is 5.26 Å². The van der Waals surface area contributed by atoms with Crippen molar-refractivity contribution in [2.75, 3.05) is 37.9 Å². The van der Waals surface area contributed by atoms with Gasteiger partial charge in [0.2, 0.25) is 5.28 Å². The van der Waals surface area contributed by atoms with Gasteiger partial charge in [0.15, 0.2) is 0 Å². The molecule has 118 valence electrons. The van der Waals surface area contributed by atoms with Crippen molar-refractivity contribution in [2.24, 2.45) is 0 Å². The molecule has 0 spiro atoms. The zero-order chi connectivity index (χ0) is 15.6. The third-order valence-corrected chi connectivity index (χ3v) is 4.57. The van der Waals surface area contributed by atoms with Crippen molar-refractivity contribution in [1.82, 2.24) is 9.97 Å². The Hall–Kier alpha value is -1.42. The zero-order valence-corrected chi connectivity index (χ0v) is 13.3. The SMILES string of the molecule is C[C@@H]1COCCN1c1cc(C2(C#N)CCOCC2)nc(Cl)n1. The van der Waals surface area contributed by atoms with E-state index < -0.39 is 5.41 Å². The molecule has 2 aliphatic rings. The Morgan fingerprint density at radius 1 is 1.32 bits per heavy atom. The van der Waals surface area contributed by atoms with Crippen LogP contribution in [-0.2, 0) is 14.9 Å². The molecule has 0 unspecified atom stereocenters. The fourth-order valence-corrected chi connectivity index (χ4v) is 3.19. The van der Waals surface area contributed by atoms with E-state index in [-0.39, 0.29) is 11.3 Å². The summed E-state index contributed by atoms with van der Waals surface area (Å²) in [6.45, 7) is 5.31. The maximum absolute atomic E-state index is 9.70. The summed E-state index contributed by atoms with van der Waals surface area (Å²) in [6, 6.07) is 4.56. The van der Waals surface area contributed by atoms with Gasteiger partial charge < -0.3 is 14.4 Å². The molecule has 2 aliphatic heterocycles. The molecule has 0 bridgehead atoms. The van der Waals surface area contributed by atoms with Crippen LogP contribution in [0.1, 0.15) is 25.5 Å². The minimum Gasteiger partial charge on any atom is -0.381 e. The molecular formula is C15H19ClN4O2. The molecule has 22 heavy (non-hydrogen) atoms. The Labute approximate surface area is 135 Å². The molecule has 0 aliphatic carbocycles. The van der Waals surface area contributed by atoms with Gasteiger partial charge in [-0.2, -0.15) is 5.26 Å². The van der Waals surface area contributed by atoms with Crippen LogP contribution in [0, 0.1) is 11.3 Å². The van der Waals surface area contributed by atoms with Crippen LogP contribution in [0.3, 0.4) is 0 Å². The molecular weight excluding hydrogens is 304 g/mol. The minimum atomic E-state index is -0.630. The number of hydrogen-bond acceptors (Lipinski definition) is 6. The van der Waals surface area contributed by atoms with Gasteiger partial charge in [-0.1, -0.05) is 0 Å². The number of morpholine rings is 1. The lowest BCUT2D eigenvalue weighted by molar-refractivity contribution is 0.0663. The minimum absolute atomic E-state index is 0.187. The quantitative estimate of drug-likeness (QED) is 0.775. The van der Waals surface area contributed by atoms with Crippen molar-refractivity contribution in [1.29, 1.82) is 5.26 Å². The van der Waals surface area contributed by atoms with Gasteiger partial charge in [-0.05, 0) is 31.4 Å². The van der Waals surface area contributed by atoms with Gasteiger partial charge in [-0.3, -0.25) is 0 Å². The highest BCUT2D eigenvalue weighted by molar-refractivity contribution is 6.28. The molecule has 7 heteroatoms. The van der Waals surface area contributed by atoms with Crippen molar-refractivity contribution >= 4 is 17.4 Å². The standard InChI is InChI=1S/C15H19ClN4O2/c1-11-9-22-7-4-20(11)13-8-12(18-14(16)19-13)15(10-17)2-5-21-6-3-15/h8,11H,2-7,9H2,1H3/t11-/m1/s1. The van der Waals surface area contributed by atoms with Crippen LogP contribution in [0.15, 0.2) is 6.07 Å². The lowest BCUT2D eigenvalue weighted by Gasteiger charge is -2.35. The first-order valence-corrected chi connectivity index (χ1v) is 7.91. The predicted molar refractivity (Wildman–Crippen MR) is 82.0 cm³/mol. The zero-order valence-electron chi connectivity index (χ0n) is 12.6. The molecule has 0 saturated carbocycles.